The molecule has 0 aliphatic rings. The molecule has 2 aromatic rings. The second kappa shape index (κ2) is 11.1. The van der Waals surface area contributed by atoms with Crippen molar-refractivity contribution < 1.29 is 9.18 Å². The molecule has 0 unspecified atom stereocenters. The van der Waals surface area contributed by atoms with Crippen LogP contribution in [0.3, 0.4) is 0 Å². The van der Waals surface area contributed by atoms with Crippen LogP contribution in [-0.4, -0.2) is 33.6 Å². The topological polar surface area (TPSA) is 58.1 Å². The van der Waals surface area contributed by atoms with Crippen LogP contribution in [0.1, 0.15) is 67.7 Å². The number of carbonyl (C=O) groups is 1. The van der Waals surface area contributed by atoms with Crippen molar-refractivity contribution in [1.29, 1.82) is 0 Å². The summed E-state index contributed by atoms with van der Waals surface area (Å²) in [5.41, 5.74) is 0.538. The summed E-state index contributed by atoms with van der Waals surface area (Å²) in [5, 5.41) is 12.1. The average molecular weight is 393 g/mol. The van der Waals surface area contributed by atoms with Gasteiger partial charge in [-0.3, -0.25) is 9.69 Å². The van der Waals surface area contributed by atoms with E-state index in [4.69, 9.17) is 0 Å². The fraction of sp³-hybridized carbons (Fsp3) is 0.550. The first-order chi connectivity index (χ1) is 13.0. The van der Waals surface area contributed by atoms with E-state index in [1.165, 1.54) is 54.9 Å². The SMILES string of the molecule is CCCCCN(Cc1nnc(C(=O)Nc2ccc(F)cc2)s1)[C@@H](C)CCC. The van der Waals surface area contributed by atoms with E-state index in [0.29, 0.717) is 23.3 Å². The molecule has 148 valence electrons. The van der Waals surface area contributed by atoms with Crippen molar-refractivity contribution in [2.75, 3.05) is 11.9 Å². The zero-order valence-corrected chi connectivity index (χ0v) is 17.2. The Labute approximate surface area is 165 Å². The van der Waals surface area contributed by atoms with Gasteiger partial charge >= 0.3 is 0 Å². The molecule has 7 heteroatoms. The van der Waals surface area contributed by atoms with Gasteiger partial charge in [0.15, 0.2) is 0 Å². The lowest BCUT2D eigenvalue weighted by Crippen LogP contribution is -2.33. The minimum atomic E-state index is -0.337. The molecule has 0 aliphatic heterocycles. The van der Waals surface area contributed by atoms with Crippen molar-refractivity contribution in [3.05, 3.63) is 40.1 Å². The molecular formula is C20H29FN4OS. The van der Waals surface area contributed by atoms with E-state index < -0.39 is 0 Å². The lowest BCUT2D eigenvalue weighted by atomic mass is 10.1. The van der Waals surface area contributed by atoms with Crippen molar-refractivity contribution in [3.8, 4) is 0 Å². The predicted molar refractivity (Wildman–Crippen MR) is 109 cm³/mol. The highest BCUT2D eigenvalue weighted by Gasteiger charge is 2.18. The quantitative estimate of drug-likeness (QED) is 0.540. The number of unbranched alkanes of at least 4 members (excludes halogenated alkanes) is 2. The number of hydrogen-bond donors (Lipinski definition) is 1. The van der Waals surface area contributed by atoms with Gasteiger partial charge in [0.05, 0.1) is 6.54 Å². The molecule has 1 aromatic carbocycles. The van der Waals surface area contributed by atoms with Gasteiger partial charge in [-0.1, -0.05) is 44.4 Å². The zero-order valence-electron chi connectivity index (χ0n) is 16.4. The van der Waals surface area contributed by atoms with Crippen LogP contribution in [0, 0.1) is 5.82 Å². The molecule has 27 heavy (non-hydrogen) atoms. The van der Waals surface area contributed by atoms with Gasteiger partial charge in [0, 0.05) is 11.7 Å². The molecule has 0 bridgehead atoms. The van der Waals surface area contributed by atoms with Gasteiger partial charge in [-0.15, -0.1) is 10.2 Å². The first-order valence-electron chi connectivity index (χ1n) is 9.66. The number of carbonyl (C=O) groups excluding carboxylic acids is 1. The Morgan fingerprint density at radius 2 is 1.93 bits per heavy atom. The molecule has 1 aromatic heterocycles. The normalized spacial score (nSPS) is 12.3. The summed E-state index contributed by atoms with van der Waals surface area (Å²) in [6, 6.07) is 6.15. The number of hydrogen-bond acceptors (Lipinski definition) is 5. The maximum Gasteiger partial charge on any atom is 0.286 e. The van der Waals surface area contributed by atoms with Crippen molar-refractivity contribution in [2.24, 2.45) is 0 Å². The summed E-state index contributed by atoms with van der Waals surface area (Å²) in [4.78, 5) is 14.8. The maximum absolute atomic E-state index is 13.0. The molecule has 0 aliphatic carbocycles. The van der Waals surface area contributed by atoms with Gasteiger partial charge in [-0.2, -0.15) is 0 Å². The third kappa shape index (κ3) is 6.99. The van der Waals surface area contributed by atoms with Gasteiger partial charge in [0.2, 0.25) is 5.01 Å². The van der Waals surface area contributed by atoms with Crippen molar-refractivity contribution in [1.82, 2.24) is 15.1 Å². The lowest BCUT2D eigenvalue weighted by molar-refractivity contribution is 0.102. The molecule has 1 atom stereocenters. The molecule has 0 saturated heterocycles. The number of anilines is 1. The van der Waals surface area contributed by atoms with E-state index >= 15 is 0 Å². The molecule has 5 nitrogen and oxygen atoms in total. The van der Waals surface area contributed by atoms with E-state index in [0.717, 1.165) is 24.4 Å². The Morgan fingerprint density at radius 1 is 1.19 bits per heavy atom. The smallest absolute Gasteiger partial charge is 0.286 e. The van der Waals surface area contributed by atoms with E-state index in [9.17, 15) is 9.18 Å². The number of benzene rings is 1. The van der Waals surface area contributed by atoms with Crippen LogP contribution in [0.4, 0.5) is 10.1 Å². The largest absolute Gasteiger partial charge is 0.320 e. The van der Waals surface area contributed by atoms with E-state index in [-0.39, 0.29) is 11.7 Å². The van der Waals surface area contributed by atoms with Gasteiger partial charge in [-0.05, 0) is 50.6 Å². The van der Waals surface area contributed by atoms with Crippen molar-refractivity contribution in [2.45, 2.75) is 65.5 Å². The molecule has 0 fully saturated rings. The Kier molecular flexibility index (Phi) is 8.81. The van der Waals surface area contributed by atoms with Crippen LogP contribution in [-0.2, 0) is 6.54 Å². The zero-order chi connectivity index (χ0) is 19.6. The van der Waals surface area contributed by atoms with E-state index in [1.54, 1.807) is 0 Å². The number of halogens is 1. The van der Waals surface area contributed by atoms with Crippen LogP contribution >= 0.6 is 11.3 Å². The Morgan fingerprint density at radius 3 is 2.59 bits per heavy atom. The maximum atomic E-state index is 13.0. The number of nitrogens with one attached hydrogen (secondary N) is 1. The van der Waals surface area contributed by atoms with Crippen LogP contribution < -0.4 is 5.32 Å². The second-order valence-corrected chi connectivity index (χ2v) is 7.84. The summed E-state index contributed by atoms with van der Waals surface area (Å²) in [7, 11) is 0. The van der Waals surface area contributed by atoms with Crippen molar-refractivity contribution in [3.63, 3.8) is 0 Å². The second-order valence-electron chi connectivity index (χ2n) is 6.78. The summed E-state index contributed by atoms with van der Waals surface area (Å²) in [6.07, 6.45) is 5.87. The standard InChI is InChI=1S/C20H29FN4OS/c1-4-6-7-13-25(15(3)8-5-2)14-18-23-24-20(27-18)19(26)22-17-11-9-16(21)10-12-17/h9-12,15H,4-8,13-14H2,1-3H3,(H,22,26)/t15-/m0/s1. The van der Waals surface area contributed by atoms with Crippen LogP contribution in [0.5, 0.6) is 0 Å². The molecule has 0 radical (unpaired) electrons. The summed E-state index contributed by atoms with van der Waals surface area (Å²) < 4.78 is 13.0. The van der Waals surface area contributed by atoms with Gasteiger partial charge in [0.1, 0.15) is 10.8 Å². The average Bonchev–Trinajstić information content (AvgIpc) is 3.12. The monoisotopic (exact) mass is 392 g/mol. The lowest BCUT2D eigenvalue weighted by Gasteiger charge is -2.28. The van der Waals surface area contributed by atoms with E-state index in [2.05, 4.69) is 41.2 Å². The third-order valence-electron chi connectivity index (χ3n) is 4.48. The summed E-state index contributed by atoms with van der Waals surface area (Å²) in [6.45, 7) is 8.40. The molecule has 1 N–H and O–H groups in total. The molecule has 0 spiro atoms. The Bertz CT molecular complexity index is 704. The molecule has 0 saturated carbocycles. The van der Waals surface area contributed by atoms with Gasteiger partial charge in [-0.25, -0.2) is 4.39 Å². The fourth-order valence-electron chi connectivity index (χ4n) is 2.92. The number of nitrogens with zero attached hydrogens (tertiary/aromatic N) is 3. The molecule has 1 amide bonds. The predicted octanol–water partition coefficient (Wildman–Crippen LogP) is 5.11. The van der Waals surface area contributed by atoms with Gasteiger partial charge < -0.3 is 5.32 Å². The first kappa shape index (κ1) is 21.4. The molecule has 1 heterocycles. The minimum Gasteiger partial charge on any atom is -0.320 e. The fourth-order valence-corrected chi connectivity index (χ4v) is 3.68. The highest BCUT2D eigenvalue weighted by atomic mass is 32.1. The number of amides is 1. The van der Waals surface area contributed by atoms with Crippen molar-refractivity contribution >= 4 is 22.9 Å². The highest BCUT2D eigenvalue weighted by Crippen LogP contribution is 2.18. The van der Waals surface area contributed by atoms with Crippen LogP contribution in [0.25, 0.3) is 0 Å². The van der Waals surface area contributed by atoms with Crippen LogP contribution in [0.15, 0.2) is 24.3 Å². The minimum absolute atomic E-state index is 0.315. The molecular weight excluding hydrogens is 363 g/mol. The highest BCUT2D eigenvalue weighted by molar-refractivity contribution is 7.13. The van der Waals surface area contributed by atoms with Crippen LogP contribution in [0.2, 0.25) is 0 Å². The van der Waals surface area contributed by atoms with Gasteiger partial charge in [0.25, 0.3) is 5.91 Å². The number of rotatable bonds is 11. The molecule has 2 rings (SSSR count). The first-order valence-corrected chi connectivity index (χ1v) is 10.5. The Hall–Kier alpha value is -1.86. The van der Waals surface area contributed by atoms with E-state index in [1.807, 2.05) is 0 Å². The Balaban J connectivity index is 1.98. The summed E-state index contributed by atoms with van der Waals surface area (Å²) >= 11 is 1.32. The summed E-state index contributed by atoms with van der Waals surface area (Å²) in [5.74, 6) is -0.653. The third-order valence-corrected chi connectivity index (χ3v) is 5.39. The number of aromatic nitrogens is 2.